The molecule has 0 spiro atoms. The average molecular weight is 239 g/mol. The molecule has 1 aromatic carbocycles. The first kappa shape index (κ1) is 13.4. The molecule has 1 rings (SSSR count). The van der Waals surface area contributed by atoms with Gasteiger partial charge in [0.05, 0.1) is 7.11 Å². The van der Waals surface area contributed by atoms with E-state index in [-0.39, 0.29) is 0 Å². The van der Waals surface area contributed by atoms with E-state index in [1.54, 1.807) is 7.11 Å². The summed E-state index contributed by atoms with van der Waals surface area (Å²) in [5.74, 6) is 2.06. The van der Waals surface area contributed by atoms with Gasteiger partial charge >= 0.3 is 0 Å². The zero-order chi connectivity index (χ0) is 12.1. The third-order valence-corrected chi connectivity index (χ3v) is 3.51. The van der Waals surface area contributed by atoms with Crippen molar-refractivity contribution < 1.29 is 4.74 Å². The number of thioether (sulfide) groups is 1. The first-order valence-electron chi connectivity index (χ1n) is 5.45. The molecule has 0 heterocycles. The first-order valence-corrected chi connectivity index (χ1v) is 6.84. The van der Waals surface area contributed by atoms with E-state index in [2.05, 4.69) is 37.6 Å². The van der Waals surface area contributed by atoms with Crippen molar-refractivity contribution in [3.8, 4) is 5.75 Å². The van der Waals surface area contributed by atoms with Crippen LogP contribution in [0.1, 0.15) is 22.7 Å². The smallest absolute Gasteiger partial charge is 0.122 e. The first-order chi connectivity index (χ1) is 7.63. The molecule has 0 amide bonds. The summed E-state index contributed by atoms with van der Waals surface area (Å²) >= 11 is 1.86. The van der Waals surface area contributed by atoms with Crippen molar-refractivity contribution in [3.63, 3.8) is 0 Å². The van der Waals surface area contributed by atoms with Gasteiger partial charge in [0.2, 0.25) is 0 Å². The van der Waals surface area contributed by atoms with E-state index in [9.17, 15) is 0 Å². The highest BCUT2D eigenvalue weighted by atomic mass is 32.2. The maximum atomic E-state index is 5.33. The highest BCUT2D eigenvalue weighted by molar-refractivity contribution is 7.98. The fourth-order valence-electron chi connectivity index (χ4n) is 1.90. The minimum Gasteiger partial charge on any atom is -0.496 e. The third kappa shape index (κ3) is 2.92. The van der Waals surface area contributed by atoms with Crippen LogP contribution >= 0.6 is 11.8 Å². The van der Waals surface area contributed by atoms with E-state index < -0.39 is 0 Å². The summed E-state index contributed by atoms with van der Waals surface area (Å²) in [4.78, 5) is 0. The molecule has 3 heteroatoms. The molecule has 0 saturated heterocycles. The summed E-state index contributed by atoms with van der Waals surface area (Å²) in [6, 6.07) is 4.76. The minimum atomic E-state index is 0.416. The third-order valence-electron chi connectivity index (χ3n) is 2.84. The maximum Gasteiger partial charge on any atom is 0.122 e. The van der Waals surface area contributed by atoms with E-state index in [1.165, 1.54) is 16.7 Å². The van der Waals surface area contributed by atoms with E-state index in [1.807, 2.05) is 18.8 Å². The number of benzene rings is 1. The molecule has 0 bridgehead atoms. The van der Waals surface area contributed by atoms with Crippen LogP contribution in [0.25, 0.3) is 0 Å². The Balaban J connectivity index is 3.08. The van der Waals surface area contributed by atoms with Gasteiger partial charge in [-0.25, -0.2) is 0 Å². The summed E-state index contributed by atoms with van der Waals surface area (Å²) in [6.45, 7) is 4.23. The van der Waals surface area contributed by atoms with Crippen molar-refractivity contribution in [2.75, 3.05) is 26.2 Å². The summed E-state index contributed by atoms with van der Waals surface area (Å²) in [5.41, 5.74) is 3.86. The quantitative estimate of drug-likeness (QED) is 0.853. The maximum absolute atomic E-state index is 5.33. The lowest BCUT2D eigenvalue weighted by Gasteiger charge is -2.19. The van der Waals surface area contributed by atoms with Crippen LogP contribution in [-0.4, -0.2) is 26.2 Å². The molecule has 16 heavy (non-hydrogen) atoms. The van der Waals surface area contributed by atoms with Crippen LogP contribution in [0.4, 0.5) is 0 Å². The fraction of sp³-hybridized carbons (Fsp3) is 0.538. The molecule has 0 saturated carbocycles. The molecule has 1 atom stereocenters. The molecular formula is C13H21NOS. The zero-order valence-corrected chi connectivity index (χ0v) is 11.6. The number of hydrogen-bond donors (Lipinski definition) is 1. The number of aryl methyl sites for hydroxylation is 2. The lowest BCUT2D eigenvalue weighted by molar-refractivity contribution is 0.411. The Kier molecular flexibility index (Phi) is 5.16. The number of rotatable bonds is 5. The largest absolute Gasteiger partial charge is 0.496 e. The van der Waals surface area contributed by atoms with Crippen LogP contribution in [0.2, 0.25) is 0 Å². The monoisotopic (exact) mass is 239 g/mol. The molecule has 1 unspecified atom stereocenters. The summed E-state index contributed by atoms with van der Waals surface area (Å²) < 4.78 is 5.33. The van der Waals surface area contributed by atoms with Crippen molar-refractivity contribution in [2.45, 2.75) is 19.9 Å². The van der Waals surface area contributed by atoms with E-state index in [0.29, 0.717) is 6.04 Å². The van der Waals surface area contributed by atoms with Crippen LogP contribution < -0.4 is 10.1 Å². The topological polar surface area (TPSA) is 21.3 Å². The number of hydrogen-bond acceptors (Lipinski definition) is 3. The van der Waals surface area contributed by atoms with E-state index in [4.69, 9.17) is 4.74 Å². The van der Waals surface area contributed by atoms with Crippen LogP contribution in [0.5, 0.6) is 5.75 Å². The molecule has 0 aliphatic heterocycles. The van der Waals surface area contributed by atoms with Crippen molar-refractivity contribution in [2.24, 2.45) is 0 Å². The fourth-order valence-corrected chi connectivity index (χ4v) is 2.58. The molecule has 1 N–H and O–H groups in total. The lowest BCUT2D eigenvalue weighted by atomic mass is 9.99. The predicted molar refractivity (Wildman–Crippen MR) is 72.7 cm³/mol. The molecule has 90 valence electrons. The second-order valence-corrected chi connectivity index (χ2v) is 4.89. The van der Waals surface area contributed by atoms with Gasteiger partial charge in [-0.3, -0.25) is 0 Å². The lowest BCUT2D eigenvalue weighted by Crippen LogP contribution is -2.19. The molecule has 0 radical (unpaired) electrons. The molecule has 2 nitrogen and oxygen atoms in total. The van der Waals surface area contributed by atoms with Crippen LogP contribution in [-0.2, 0) is 0 Å². The predicted octanol–water partition coefficient (Wildman–Crippen LogP) is 2.94. The van der Waals surface area contributed by atoms with Crippen molar-refractivity contribution >= 4 is 11.8 Å². The van der Waals surface area contributed by atoms with Gasteiger partial charge in [0.1, 0.15) is 5.75 Å². The molecular weight excluding hydrogens is 218 g/mol. The highest BCUT2D eigenvalue weighted by Gasteiger charge is 2.13. The summed E-state index contributed by atoms with van der Waals surface area (Å²) in [6.07, 6.45) is 2.13. The number of ether oxygens (including phenoxy) is 1. The second kappa shape index (κ2) is 6.16. The normalized spacial score (nSPS) is 12.6. The van der Waals surface area contributed by atoms with Crippen LogP contribution in [0.3, 0.4) is 0 Å². The zero-order valence-electron chi connectivity index (χ0n) is 10.8. The molecule has 1 aromatic rings. The van der Waals surface area contributed by atoms with Crippen LogP contribution in [0.15, 0.2) is 12.1 Å². The number of methoxy groups -OCH3 is 1. The molecule has 0 aliphatic carbocycles. The Morgan fingerprint density at radius 2 is 2.00 bits per heavy atom. The van der Waals surface area contributed by atoms with Gasteiger partial charge < -0.3 is 10.1 Å². The second-order valence-electron chi connectivity index (χ2n) is 3.98. The van der Waals surface area contributed by atoms with Crippen molar-refractivity contribution in [1.29, 1.82) is 0 Å². The van der Waals surface area contributed by atoms with Gasteiger partial charge in [-0.05, 0) is 49.9 Å². The van der Waals surface area contributed by atoms with Crippen LogP contribution in [0, 0.1) is 13.8 Å². The van der Waals surface area contributed by atoms with Gasteiger partial charge in [-0.15, -0.1) is 0 Å². The highest BCUT2D eigenvalue weighted by Crippen LogP contribution is 2.27. The van der Waals surface area contributed by atoms with E-state index in [0.717, 1.165) is 11.5 Å². The van der Waals surface area contributed by atoms with Gasteiger partial charge in [-0.2, -0.15) is 11.8 Å². The Labute approximate surface area is 103 Å². The minimum absolute atomic E-state index is 0.416. The van der Waals surface area contributed by atoms with Gasteiger partial charge in [0.15, 0.2) is 0 Å². The van der Waals surface area contributed by atoms with Crippen molar-refractivity contribution in [3.05, 3.63) is 28.8 Å². The van der Waals surface area contributed by atoms with Gasteiger partial charge in [-0.1, -0.05) is 6.07 Å². The van der Waals surface area contributed by atoms with Gasteiger partial charge in [0, 0.05) is 11.8 Å². The Hall–Kier alpha value is -0.670. The Morgan fingerprint density at radius 1 is 1.31 bits per heavy atom. The summed E-state index contributed by atoms with van der Waals surface area (Å²) in [5, 5.41) is 3.36. The Morgan fingerprint density at radius 3 is 2.50 bits per heavy atom. The summed E-state index contributed by atoms with van der Waals surface area (Å²) in [7, 11) is 3.73. The van der Waals surface area contributed by atoms with E-state index >= 15 is 0 Å². The van der Waals surface area contributed by atoms with Crippen molar-refractivity contribution in [1.82, 2.24) is 5.32 Å². The SMILES string of the molecule is CNC(CSC)c1cc(C)c(OC)cc1C. The number of nitrogens with one attached hydrogen (secondary N) is 1. The standard InChI is InChI=1S/C13H21NOS/c1-9-7-13(15-4)10(2)6-11(9)12(14-3)8-16-5/h6-7,12,14H,8H2,1-5H3. The average Bonchev–Trinajstić information content (AvgIpc) is 2.28. The molecule has 0 fully saturated rings. The molecule has 0 aliphatic rings. The van der Waals surface area contributed by atoms with Gasteiger partial charge in [0.25, 0.3) is 0 Å². The Bertz CT molecular complexity index is 352. The molecule has 0 aromatic heterocycles.